The van der Waals surface area contributed by atoms with Gasteiger partial charge in [0.25, 0.3) is 0 Å². The van der Waals surface area contributed by atoms with Crippen LogP contribution in [0.15, 0.2) is 12.7 Å². The molecule has 0 radical (unpaired) electrons. The van der Waals surface area contributed by atoms with Gasteiger partial charge < -0.3 is 4.74 Å². The zero-order valence-electron chi connectivity index (χ0n) is 9.95. The average Bonchev–Trinajstić information content (AvgIpc) is 3.05. The largest absolute Gasteiger partial charge is 0.378 e. The van der Waals surface area contributed by atoms with Crippen molar-refractivity contribution in [1.29, 1.82) is 0 Å². The van der Waals surface area contributed by atoms with Crippen molar-refractivity contribution in [2.45, 2.75) is 51.6 Å². The number of rotatable bonds is 5. The Balaban J connectivity index is 1.94. The third kappa shape index (κ3) is 2.84. The fraction of sp³-hybridized carbons (Fsp3) is 0.857. The van der Waals surface area contributed by atoms with Gasteiger partial charge in [0, 0.05) is 12.5 Å². The second-order valence-electron chi connectivity index (χ2n) is 5.19. The molecule has 2 saturated carbocycles. The van der Waals surface area contributed by atoms with Crippen LogP contribution in [0.25, 0.3) is 0 Å². The molecule has 3 atom stereocenters. The molecule has 2 rings (SSSR count). The Morgan fingerprint density at radius 2 is 2.07 bits per heavy atom. The van der Waals surface area contributed by atoms with E-state index in [1.165, 1.54) is 38.5 Å². The van der Waals surface area contributed by atoms with Gasteiger partial charge in [-0.3, -0.25) is 0 Å². The fourth-order valence-corrected chi connectivity index (χ4v) is 3.03. The summed E-state index contributed by atoms with van der Waals surface area (Å²) < 4.78 is 5.96. The molecular formula is C14H24O. The molecule has 0 aromatic rings. The van der Waals surface area contributed by atoms with Crippen LogP contribution in [-0.2, 0) is 4.74 Å². The summed E-state index contributed by atoms with van der Waals surface area (Å²) in [6, 6.07) is 0. The highest BCUT2D eigenvalue weighted by Crippen LogP contribution is 2.42. The summed E-state index contributed by atoms with van der Waals surface area (Å²) in [4.78, 5) is 0. The predicted octanol–water partition coefficient (Wildman–Crippen LogP) is 3.79. The molecule has 0 aromatic heterocycles. The minimum Gasteiger partial charge on any atom is -0.378 e. The fourth-order valence-electron chi connectivity index (χ4n) is 3.03. The molecule has 0 N–H and O–H groups in total. The first-order chi connectivity index (χ1) is 7.35. The zero-order valence-corrected chi connectivity index (χ0v) is 9.95. The van der Waals surface area contributed by atoms with Crippen molar-refractivity contribution in [2.75, 3.05) is 6.61 Å². The average molecular weight is 208 g/mol. The minimum atomic E-state index is 0.474. The summed E-state index contributed by atoms with van der Waals surface area (Å²) in [7, 11) is 0. The van der Waals surface area contributed by atoms with E-state index in [1.54, 1.807) is 0 Å². The Kier molecular flexibility index (Phi) is 3.85. The van der Waals surface area contributed by atoms with Gasteiger partial charge in [0.15, 0.2) is 0 Å². The molecular weight excluding hydrogens is 184 g/mol. The van der Waals surface area contributed by atoms with Gasteiger partial charge in [-0.1, -0.05) is 25.3 Å². The van der Waals surface area contributed by atoms with Crippen LogP contribution >= 0.6 is 0 Å². The Morgan fingerprint density at radius 1 is 1.27 bits per heavy atom. The van der Waals surface area contributed by atoms with Crippen molar-refractivity contribution in [3.63, 3.8) is 0 Å². The summed E-state index contributed by atoms with van der Waals surface area (Å²) in [6.45, 7) is 6.94. The first kappa shape index (κ1) is 11.2. The quantitative estimate of drug-likeness (QED) is 0.624. The van der Waals surface area contributed by atoms with E-state index in [0.29, 0.717) is 12.0 Å². The van der Waals surface area contributed by atoms with Crippen LogP contribution in [-0.4, -0.2) is 12.7 Å². The maximum Gasteiger partial charge on any atom is 0.0665 e. The van der Waals surface area contributed by atoms with Crippen molar-refractivity contribution in [1.82, 2.24) is 0 Å². The second-order valence-corrected chi connectivity index (χ2v) is 5.19. The molecule has 2 fully saturated rings. The highest BCUT2D eigenvalue weighted by molar-refractivity contribution is 4.94. The van der Waals surface area contributed by atoms with Crippen LogP contribution in [0.4, 0.5) is 0 Å². The molecule has 86 valence electrons. The van der Waals surface area contributed by atoms with Gasteiger partial charge >= 0.3 is 0 Å². The van der Waals surface area contributed by atoms with Gasteiger partial charge in [0.2, 0.25) is 0 Å². The maximum absolute atomic E-state index is 5.96. The summed E-state index contributed by atoms with van der Waals surface area (Å²) in [5.74, 6) is 2.46. The first-order valence-corrected chi connectivity index (χ1v) is 6.59. The molecule has 15 heavy (non-hydrogen) atoms. The van der Waals surface area contributed by atoms with Crippen LogP contribution in [0.2, 0.25) is 0 Å². The highest BCUT2D eigenvalue weighted by atomic mass is 16.5. The molecule has 2 aliphatic rings. The molecule has 3 unspecified atom stereocenters. The van der Waals surface area contributed by atoms with E-state index < -0.39 is 0 Å². The third-order valence-corrected chi connectivity index (χ3v) is 3.99. The normalized spacial score (nSPS) is 36.5. The van der Waals surface area contributed by atoms with E-state index in [0.717, 1.165) is 18.4 Å². The summed E-state index contributed by atoms with van der Waals surface area (Å²) in [5, 5.41) is 0. The molecule has 0 bridgehead atoms. The Labute approximate surface area is 93.9 Å². The third-order valence-electron chi connectivity index (χ3n) is 3.99. The summed E-state index contributed by atoms with van der Waals surface area (Å²) in [5.41, 5.74) is 0. The number of ether oxygens (including phenoxy) is 1. The predicted molar refractivity (Wildman–Crippen MR) is 63.8 cm³/mol. The zero-order chi connectivity index (χ0) is 10.7. The molecule has 0 saturated heterocycles. The standard InChI is InChI=1S/C14H24O/c1-3-12-6-5-7-13(10-11-8-9-11)14(12)15-4-2/h3,11-14H,1,4-10H2,2H3. The molecule has 0 aliphatic heterocycles. The first-order valence-electron chi connectivity index (χ1n) is 6.59. The lowest BCUT2D eigenvalue weighted by Gasteiger charge is -2.36. The lowest BCUT2D eigenvalue weighted by molar-refractivity contribution is -0.0330. The van der Waals surface area contributed by atoms with Crippen LogP contribution in [0.5, 0.6) is 0 Å². The van der Waals surface area contributed by atoms with E-state index >= 15 is 0 Å². The van der Waals surface area contributed by atoms with Crippen molar-refractivity contribution >= 4 is 0 Å². The SMILES string of the molecule is C=CC1CCCC(CC2CC2)C1OCC. The molecule has 1 heteroatoms. The monoisotopic (exact) mass is 208 g/mol. The smallest absolute Gasteiger partial charge is 0.0665 e. The Hall–Kier alpha value is -0.300. The van der Waals surface area contributed by atoms with Gasteiger partial charge in [-0.05, 0) is 38.0 Å². The lowest BCUT2D eigenvalue weighted by Crippen LogP contribution is -2.35. The molecule has 2 aliphatic carbocycles. The van der Waals surface area contributed by atoms with E-state index in [2.05, 4.69) is 19.6 Å². The molecule has 0 aromatic carbocycles. The highest BCUT2D eigenvalue weighted by Gasteiger charge is 2.35. The van der Waals surface area contributed by atoms with E-state index in [1.807, 2.05) is 0 Å². The van der Waals surface area contributed by atoms with Gasteiger partial charge in [-0.15, -0.1) is 6.58 Å². The van der Waals surface area contributed by atoms with Crippen LogP contribution < -0.4 is 0 Å². The number of hydrogen-bond acceptors (Lipinski definition) is 1. The van der Waals surface area contributed by atoms with Crippen LogP contribution in [0.3, 0.4) is 0 Å². The van der Waals surface area contributed by atoms with Crippen molar-refractivity contribution < 1.29 is 4.74 Å². The van der Waals surface area contributed by atoms with Crippen LogP contribution in [0, 0.1) is 17.8 Å². The van der Waals surface area contributed by atoms with Crippen molar-refractivity contribution in [2.24, 2.45) is 17.8 Å². The van der Waals surface area contributed by atoms with E-state index in [9.17, 15) is 0 Å². The maximum atomic E-state index is 5.96. The Morgan fingerprint density at radius 3 is 2.67 bits per heavy atom. The molecule has 0 amide bonds. The van der Waals surface area contributed by atoms with Gasteiger partial charge in [0.1, 0.15) is 0 Å². The lowest BCUT2D eigenvalue weighted by atomic mass is 9.76. The van der Waals surface area contributed by atoms with Gasteiger partial charge in [-0.25, -0.2) is 0 Å². The van der Waals surface area contributed by atoms with E-state index in [4.69, 9.17) is 4.74 Å². The minimum absolute atomic E-state index is 0.474. The number of hydrogen-bond donors (Lipinski definition) is 0. The molecule has 0 spiro atoms. The van der Waals surface area contributed by atoms with Crippen molar-refractivity contribution in [3.8, 4) is 0 Å². The second kappa shape index (κ2) is 5.16. The topological polar surface area (TPSA) is 9.23 Å². The van der Waals surface area contributed by atoms with Gasteiger partial charge in [0.05, 0.1) is 6.10 Å². The summed E-state index contributed by atoms with van der Waals surface area (Å²) >= 11 is 0. The Bertz CT molecular complexity index is 207. The molecule has 0 heterocycles. The van der Waals surface area contributed by atoms with Crippen LogP contribution in [0.1, 0.15) is 45.4 Å². The molecule has 1 nitrogen and oxygen atoms in total. The summed E-state index contributed by atoms with van der Waals surface area (Å²) in [6.07, 6.45) is 11.0. The van der Waals surface area contributed by atoms with Crippen molar-refractivity contribution in [3.05, 3.63) is 12.7 Å². The van der Waals surface area contributed by atoms with E-state index in [-0.39, 0.29) is 0 Å². The van der Waals surface area contributed by atoms with Gasteiger partial charge in [-0.2, -0.15) is 0 Å².